The number of furan rings is 1. The van der Waals surface area contributed by atoms with Crippen molar-refractivity contribution in [1.82, 2.24) is 5.32 Å². The normalized spacial score (nSPS) is 19.4. The molecule has 0 saturated carbocycles. The van der Waals surface area contributed by atoms with Crippen LogP contribution in [0, 0.1) is 0 Å². The van der Waals surface area contributed by atoms with Crippen LogP contribution in [0.4, 0.5) is 0 Å². The SMILES string of the molecule is O=C(O)c1ccc(CNC(=O)[C@H]2CCCCO2)o1. The summed E-state index contributed by atoms with van der Waals surface area (Å²) in [5.74, 6) is -1.02. The Morgan fingerprint density at radius 3 is 2.83 bits per heavy atom. The number of amides is 1. The molecule has 0 radical (unpaired) electrons. The number of carbonyl (C=O) groups is 2. The first-order valence-corrected chi connectivity index (χ1v) is 5.88. The second kappa shape index (κ2) is 5.68. The van der Waals surface area contributed by atoms with E-state index in [1.807, 2.05) is 0 Å². The number of hydrogen-bond acceptors (Lipinski definition) is 4. The minimum absolute atomic E-state index is 0.131. The van der Waals surface area contributed by atoms with Gasteiger partial charge in [0, 0.05) is 6.61 Å². The van der Waals surface area contributed by atoms with E-state index in [-0.39, 0.29) is 18.2 Å². The zero-order valence-corrected chi connectivity index (χ0v) is 9.85. The largest absolute Gasteiger partial charge is 0.475 e. The van der Waals surface area contributed by atoms with Gasteiger partial charge in [-0.2, -0.15) is 0 Å². The van der Waals surface area contributed by atoms with Gasteiger partial charge < -0.3 is 19.6 Å². The summed E-state index contributed by atoms with van der Waals surface area (Å²) in [6.07, 6.45) is 2.31. The molecular formula is C12H15NO5. The van der Waals surface area contributed by atoms with Crippen LogP contribution in [-0.2, 0) is 16.1 Å². The predicted molar refractivity (Wildman–Crippen MR) is 61.1 cm³/mol. The maximum Gasteiger partial charge on any atom is 0.371 e. The van der Waals surface area contributed by atoms with Crippen molar-refractivity contribution in [2.24, 2.45) is 0 Å². The molecule has 0 bridgehead atoms. The molecule has 0 aromatic carbocycles. The molecule has 1 amide bonds. The molecule has 0 aliphatic carbocycles. The van der Waals surface area contributed by atoms with Gasteiger partial charge in [0.2, 0.25) is 11.7 Å². The molecule has 18 heavy (non-hydrogen) atoms. The molecule has 6 heteroatoms. The lowest BCUT2D eigenvalue weighted by Crippen LogP contribution is -2.37. The summed E-state index contributed by atoms with van der Waals surface area (Å²) >= 11 is 0. The van der Waals surface area contributed by atoms with Crippen LogP contribution in [-0.4, -0.2) is 29.7 Å². The number of nitrogens with one attached hydrogen (secondary N) is 1. The Hall–Kier alpha value is -1.82. The number of rotatable bonds is 4. The highest BCUT2D eigenvalue weighted by molar-refractivity contribution is 5.84. The second-order valence-electron chi connectivity index (χ2n) is 4.14. The molecule has 2 heterocycles. The summed E-state index contributed by atoms with van der Waals surface area (Å²) < 4.78 is 10.4. The van der Waals surface area contributed by atoms with Gasteiger partial charge >= 0.3 is 5.97 Å². The predicted octanol–water partition coefficient (Wildman–Crippen LogP) is 1.16. The zero-order chi connectivity index (χ0) is 13.0. The quantitative estimate of drug-likeness (QED) is 0.840. The molecule has 1 aromatic rings. The van der Waals surface area contributed by atoms with E-state index in [0.29, 0.717) is 12.4 Å². The third kappa shape index (κ3) is 3.10. The Bertz CT molecular complexity index is 433. The first kappa shape index (κ1) is 12.6. The monoisotopic (exact) mass is 253 g/mol. The number of hydrogen-bond donors (Lipinski definition) is 2. The minimum Gasteiger partial charge on any atom is -0.475 e. The number of aromatic carboxylic acids is 1. The van der Waals surface area contributed by atoms with Crippen molar-refractivity contribution in [1.29, 1.82) is 0 Å². The van der Waals surface area contributed by atoms with Crippen LogP contribution in [0.15, 0.2) is 16.5 Å². The van der Waals surface area contributed by atoms with Crippen LogP contribution in [0.25, 0.3) is 0 Å². The fourth-order valence-corrected chi connectivity index (χ4v) is 1.82. The van der Waals surface area contributed by atoms with E-state index in [2.05, 4.69) is 5.32 Å². The molecule has 1 saturated heterocycles. The molecule has 6 nitrogen and oxygen atoms in total. The lowest BCUT2D eigenvalue weighted by atomic mass is 10.1. The van der Waals surface area contributed by atoms with Crippen molar-refractivity contribution in [2.75, 3.05) is 6.61 Å². The fourth-order valence-electron chi connectivity index (χ4n) is 1.82. The third-order valence-electron chi connectivity index (χ3n) is 2.78. The summed E-state index contributed by atoms with van der Waals surface area (Å²) in [4.78, 5) is 22.3. The van der Waals surface area contributed by atoms with Crippen molar-refractivity contribution in [3.05, 3.63) is 23.7 Å². The van der Waals surface area contributed by atoms with Crippen LogP contribution >= 0.6 is 0 Å². The molecule has 1 aromatic heterocycles. The van der Waals surface area contributed by atoms with E-state index in [1.54, 1.807) is 0 Å². The van der Waals surface area contributed by atoms with Gasteiger partial charge in [-0.3, -0.25) is 4.79 Å². The Morgan fingerprint density at radius 2 is 2.22 bits per heavy atom. The zero-order valence-electron chi connectivity index (χ0n) is 9.85. The standard InChI is InChI=1S/C12H15NO5/c14-11(9-3-1-2-6-17-9)13-7-8-4-5-10(18-8)12(15)16/h4-5,9H,1-3,6-7H2,(H,13,14)(H,15,16)/t9-/m1/s1. The van der Waals surface area contributed by atoms with Crippen LogP contribution in [0.5, 0.6) is 0 Å². The number of carbonyl (C=O) groups excluding carboxylic acids is 1. The average Bonchev–Trinajstić information content (AvgIpc) is 2.86. The first-order valence-electron chi connectivity index (χ1n) is 5.88. The van der Waals surface area contributed by atoms with E-state index >= 15 is 0 Å². The Kier molecular flexibility index (Phi) is 3.99. The van der Waals surface area contributed by atoms with E-state index in [9.17, 15) is 9.59 Å². The lowest BCUT2D eigenvalue weighted by molar-refractivity contribution is -0.135. The maximum atomic E-state index is 11.7. The summed E-state index contributed by atoms with van der Waals surface area (Å²) in [5, 5.41) is 11.3. The van der Waals surface area contributed by atoms with E-state index in [4.69, 9.17) is 14.3 Å². The molecule has 2 rings (SSSR count). The molecule has 1 aliphatic heterocycles. The van der Waals surface area contributed by atoms with Crippen LogP contribution in [0.3, 0.4) is 0 Å². The van der Waals surface area contributed by atoms with Gasteiger partial charge in [0.05, 0.1) is 6.54 Å². The van der Waals surface area contributed by atoms with Gasteiger partial charge in [-0.1, -0.05) is 0 Å². The van der Waals surface area contributed by atoms with Gasteiger partial charge in [-0.25, -0.2) is 4.79 Å². The first-order chi connectivity index (χ1) is 8.66. The second-order valence-corrected chi connectivity index (χ2v) is 4.14. The number of carboxylic acid groups (broad SMARTS) is 1. The van der Waals surface area contributed by atoms with Gasteiger partial charge in [-0.05, 0) is 31.4 Å². The minimum atomic E-state index is -1.12. The maximum absolute atomic E-state index is 11.7. The van der Waals surface area contributed by atoms with Crippen molar-refractivity contribution >= 4 is 11.9 Å². The summed E-state index contributed by atoms with van der Waals surface area (Å²) in [6.45, 7) is 0.786. The summed E-state index contributed by atoms with van der Waals surface area (Å²) in [6, 6.07) is 2.90. The topological polar surface area (TPSA) is 88.8 Å². The van der Waals surface area contributed by atoms with Gasteiger partial charge in [0.15, 0.2) is 0 Å². The number of ether oxygens (including phenoxy) is 1. The molecule has 0 unspecified atom stereocenters. The third-order valence-corrected chi connectivity index (χ3v) is 2.78. The van der Waals surface area contributed by atoms with E-state index in [1.165, 1.54) is 12.1 Å². The molecule has 2 N–H and O–H groups in total. The Labute approximate surface area is 104 Å². The average molecular weight is 253 g/mol. The molecule has 98 valence electrons. The van der Waals surface area contributed by atoms with E-state index < -0.39 is 12.1 Å². The highest BCUT2D eigenvalue weighted by Crippen LogP contribution is 2.13. The van der Waals surface area contributed by atoms with Gasteiger partial charge in [0.25, 0.3) is 0 Å². The molecule has 1 aliphatic rings. The highest BCUT2D eigenvalue weighted by atomic mass is 16.5. The Morgan fingerprint density at radius 1 is 1.39 bits per heavy atom. The highest BCUT2D eigenvalue weighted by Gasteiger charge is 2.21. The molecule has 1 atom stereocenters. The fraction of sp³-hybridized carbons (Fsp3) is 0.500. The molecular weight excluding hydrogens is 238 g/mol. The lowest BCUT2D eigenvalue weighted by Gasteiger charge is -2.21. The van der Waals surface area contributed by atoms with Gasteiger partial charge in [0.1, 0.15) is 11.9 Å². The van der Waals surface area contributed by atoms with Crippen molar-refractivity contribution < 1.29 is 23.8 Å². The molecule has 1 fully saturated rings. The van der Waals surface area contributed by atoms with Crippen LogP contribution in [0.2, 0.25) is 0 Å². The smallest absolute Gasteiger partial charge is 0.371 e. The van der Waals surface area contributed by atoms with Crippen molar-refractivity contribution in [2.45, 2.75) is 31.9 Å². The van der Waals surface area contributed by atoms with E-state index in [0.717, 1.165) is 19.3 Å². The van der Waals surface area contributed by atoms with Crippen LogP contribution in [0.1, 0.15) is 35.6 Å². The summed E-state index contributed by atoms with van der Waals surface area (Å²) in [5.41, 5.74) is 0. The summed E-state index contributed by atoms with van der Waals surface area (Å²) in [7, 11) is 0. The van der Waals surface area contributed by atoms with Crippen LogP contribution < -0.4 is 5.32 Å². The Balaban J connectivity index is 1.82. The van der Waals surface area contributed by atoms with Crippen molar-refractivity contribution in [3.8, 4) is 0 Å². The molecule has 0 spiro atoms. The van der Waals surface area contributed by atoms with Gasteiger partial charge in [-0.15, -0.1) is 0 Å². The van der Waals surface area contributed by atoms with Crippen molar-refractivity contribution in [3.63, 3.8) is 0 Å². The number of carboxylic acids is 1.